The van der Waals surface area contributed by atoms with E-state index in [-0.39, 0.29) is 0 Å². The summed E-state index contributed by atoms with van der Waals surface area (Å²) in [5.74, 6) is 1.09. The highest BCUT2D eigenvalue weighted by atomic mass is 32.2. The van der Waals surface area contributed by atoms with E-state index in [1.165, 1.54) is 6.26 Å². The molecule has 0 bridgehead atoms. The summed E-state index contributed by atoms with van der Waals surface area (Å²) >= 11 is 0. The van der Waals surface area contributed by atoms with Crippen LogP contribution in [-0.2, 0) is 10.0 Å². The molecule has 1 unspecified atom stereocenters. The Balaban J connectivity index is 1.73. The van der Waals surface area contributed by atoms with Gasteiger partial charge in [0.15, 0.2) is 0 Å². The van der Waals surface area contributed by atoms with Crippen LogP contribution in [0.1, 0.15) is 45.4 Å². The number of nitrogens with one attached hydrogen (secondary N) is 1. The fourth-order valence-electron chi connectivity index (χ4n) is 3.48. The first-order chi connectivity index (χ1) is 9.78. The average molecular weight is 318 g/mol. The number of sulfonamides is 1. The van der Waals surface area contributed by atoms with Crippen LogP contribution in [0, 0.1) is 11.8 Å². The molecule has 1 heterocycles. The molecule has 2 fully saturated rings. The van der Waals surface area contributed by atoms with Gasteiger partial charge >= 0.3 is 0 Å². The van der Waals surface area contributed by atoms with E-state index in [0.29, 0.717) is 25.6 Å². The van der Waals surface area contributed by atoms with Gasteiger partial charge in [-0.3, -0.25) is 0 Å². The van der Waals surface area contributed by atoms with Crippen LogP contribution in [0.15, 0.2) is 0 Å². The fraction of sp³-hybridized carbons (Fsp3) is 1.00. The highest BCUT2D eigenvalue weighted by Gasteiger charge is 2.32. The minimum absolute atomic E-state index is 0.361. The molecule has 0 aromatic carbocycles. The minimum Gasteiger partial charge on any atom is -0.389 e. The van der Waals surface area contributed by atoms with Crippen molar-refractivity contribution in [1.82, 2.24) is 9.62 Å². The van der Waals surface area contributed by atoms with Gasteiger partial charge in [-0.15, -0.1) is 0 Å². The Bertz CT molecular complexity index is 430. The Morgan fingerprint density at radius 2 is 1.95 bits per heavy atom. The van der Waals surface area contributed by atoms with Crippen LogP contribution >= 0.6 is 0 Å². The largest absolute Gasteiger partial charge is 0.389 e. The van der Waals surface area contributed by atoms with Gasteiger partial charge in [0.05, 0.1) is 11.9 Å². The first kappa shape index (κ1) is 17.2. The van der Waals surface area contributed by atoms with Crippen LogP contribution in [-0.4, -0.2) is 55.9 Å². The first-order valence-corrected chi connectivity index (χ1v) is 10.0. The molecular weight excluding hydrogens is 288 g/mol. The van der Waals surface area contributed by atoms with E-state index in [2.05, 4.69) is 12.2 Å². The van der Waals surface area contributed by atoms with Crippen LogP contribution in [0.25, 0.3) is 0 Å². The molecule has 2 N–H and O–H groups in total. The van der Waals surface area contributed by atoms with Crippen molar-refractivity contribution < 1.29 is 13.5 Å². The maximum absolute atomic E-state index is 11.6. The Morgan fingerprint density at radius 1 is 1.29 bits per heavy atom. The van der Waals surface area contributed by atoms with Gasteiger partial charge in [0, 0.05) is 19.6 Å². The predicted octanol–water partition coefficient (Wildman–Crippen LogP) is 1.19. The highest BCUT2D eigenvalue weighted by Crippen LogP contribution is 2.31. The summed E-state index contributed by atoms with van der Waals surface area (Å²) in [6, 6.07) is 0. The molecule has 6 heteroatoms. The zero-order chi connectivity index (χ0) is 15.5. The second-order valence-electron chi connectivity index (χ2n) is 7.17. The van der Waals surface area contributed by atoms with E-state index in [0.717, 1.165) is 51.0 Å². The highest BCUT2D eigenvalue weighted by molar-refractivity contribution is 7.88. The Morgan fingerprint density at radius 3 is 2.57 bits per heavy atom. The monoisotopic (exact) mass is 318 g/mol. The molecule has 1 aliphatic heterocycles. The third-order valence-corrected chi connectivity index (χ3v) is 6.31. The summed E-state index contributed by atoms with van der Waals surface area (Å²) in [7, 11) is -3.07. The quantitative estimate of drug-likeness (QED) is 0.799. The van der Waals surface area contributed by atoms with E-state index >= 15 is 0 Å². The summed E-state index contributed by atoms with van der Waals surface area (Å²) in [6.45, 7) is 4.94. The summed E-state index contributed by atoms with van der Waals surface area (Å²) in [5, 5.41) is 13.9. The van der Waals surface area contributed by atoms with E-state index < -0.39 is 15.6 Å². The van der Waals surface area contributed by atoms with Crippen molar-refractivity contribution in [3.63, 3.8) is 0 Å². The smallest absolute Gasteiger partial charge is 0.211 e. The topological polar surface area (TPSA) is 69.6 Å². The van der Waals surface area contributed by atoms with Crippen LogP contribution in [0.5, 0.6) is 0 Å². The second kappa shape index (κ2) is 6.94. The maximum atomic E-state index is 11.6. The molecule has 2 rings (SSSR count). The molecule has 0 spiro atoms. The van der Waals surface area contributed by atoms with Crippen molar-refractivity contribution >= 4 is 10.0 Å². The summed E-state index contributed by atoms with van der Waals surface area (Å²) < 4.78 is 24.8. The first-order valence-electron chi connectivity index (χ1n) is 8.17. The van der Waals surface area contributed by atoms with E-state index in [1.54, 1.807) is 4.31 Å². The fourth-order valence-corrected chi connectivity index (χ4v) is 4.42. The minimum atomic E-state index is -3.07. The molecule has 1 atom stereocenters. The van der Waals surface area contributed by atoms with Gasteiger partial charge in [0.2, 0.25) is 10.0 Å². The van der Waals surface area contributed by atoms with E-state index in [9.17, 15) is 13.5 Å². The van der Waals surface area contributed by atoms with Crippen LogP contribution in [0.3, 0.4) is 0 Å². The van der Waals surface area contributed by atoms with Gasteiger partial charge in [0.1, 0.15) is 0 Å². The molecular formula is C15H30N2O3S. The number of piperidine rings is 1. The van der Waals surface area contributed by atoms with Gasteiger partial charge in [0.25, 0.3) is 0 Å². The molecule has 0 aromatic rings. The molecule has 2 aliphatic rings. The molecule has 0 amide bonds. The Kier molecular flexibility index (Phi) is 5.68. The molecule has 1 saturated heterocycles. The van der Waals surface area contributed by atoms with Crippen molar-refractivity contribution in [1.29, 1.82) is 0 Å². The van der Waals surface area contributed by atoms with Gasteiger partial charge in [-0.25, -0.2) is 12.7 Å². The van der Waals surface area contributed by atoms with Crippen molar-refractivity contribution in [2.24, 2.45) is 11.8 Å². The average Bonchev–Trinajstić information content (AvgIpc) is 2.42. The van der Waals surface area contributed by atoms with Crippen LogP contribution in [0.4, 0.5) is 0 Å². The molecule has 21 heavy (non-hydrogen) atoms. The van der Waals surface area contributed by atoms with Crippen molar-refractivity contribution in [2.45, 2.75) is 51.0 Å². The summed E-state index contributed by atoms with van der Waals surface area (Å²) in [6.07, 6.45) is 7.24. The number of rotatable bonds is 5. The van der Waals surface area contributed by atoms with Crippen LogP contribution in [0.2, 0.25) is 0 Å². The van der Waals surface area contributed by atoms with Crippen molar-refractivity contribution in [2.75, 3.05) is 32.4 Å². The lowest BCUT2D eigenvalue weighted by atomic mass is 9.79. The number of aliphatic hydroxyl groups is 1. The zero-order valence-corrected chi connectivity index (χ0v) is 14.2. The Labute approximate surface area is 129 Å². The van der Waals surface area contributed by atoms with Crippen molar-refractivity contribution in [3.05, 3.63) is 0 Å². The summed E-state index contributed by atoms with van der Waals surface area (Å²) in [5.41, 5.74) is -0.558. The number of hydrogen-bond acceptors (Lipinski definition) is 4. The van der Waals surface area contributed by atoms with Gasteiger partial charge < -0.3 is 10.4 Å². The third-order valence-electron chi connectivity index (χ3n) is 5.04. The maximum Gasteiger partial charge on any atom is 0.211 e. The zero-order valence-electron chi connectivity index (χ0n) is 13.3. The molecule has 124 valence electrons. The SMILES string of the molecule is CC1CCC(O)(CNCC2CCCN(S(C)(=O)=O)C2)CC1. The van der Waals surface area contributed by atoms with Crippen molar-refractivity contribution in [3.8, 4) is 0 Å². The molecule has 1 saturated carbocycles. The Hall–Kier alpha value is -0.170. The molecule has 1 aliphatic carbocycles. The van der Waals surface area contributed by atoms with Gasteiger partial charge in [-0.05, 0) is 56.9 Å². The third kappa shape index (κ3) is 5.20. The predicted molar refractivity (Wildman–Crippen MR) is 84.6 cm³/mol. The van der Waals surface area contributed by atoms with Gasteiger partial charge in [-0.2, -0.15) is 0 Å². The molecule has 5 nitrogen and oxygen atoms in total. The second-order valence-corrected chi connectivity index (χ2v) is 9.15. The molecule has 0 aromatic heterocycles. The van der Waals surface area contributed by atoms with Crippen LogP contribution < -0.4 is 5.32 Å². The van der Waals surface area contributed by atoms with E-state index in [4.69, 9.17) is 0 Å². The lowest BCUT2D eigenvalue weighted by Crippen LogP contribution is -2.47. The standard InChI is InChI=1S/C15H30N2O3S/c1-13-5-7-15(18,8-6-13)12-16-10-14-4-3-9-17(11-14)21(2,19)20/h13-14,16,18H,3-12H2,1-2H3. The lowest BCUT2D eigenvalue weighted by molar-refractivity contribution is -0.00695. The number of hydrogen-bond donors (Lipinski definition) is 2. The lowest BCUT2D eigenvalue weighted by Gasteiger charge is -2.36. The van der Waals surface area contributed by atoms with Gasteiger partial charge in [-0.1, -0.05) is 6.92 Å². The normalized spacial score (nSPS) is 35.8. The number of nitrogens with zero attached hydrogens (tertiary/aromatic N) is 1. The van der Waals surface area contributed by atoms with E-state index in [1.807, 2.05) is 0 Å². The molecule has 0 radical (unpaired) electrons. The summed E-state index contributed by atoms with van der Waals surface area (Å²) in [4.78, 5) is 0.